The van der Waals surface area contributed by atoms with Crippen LogP contribution in [0.5, 0.6) is 0 Å². The molecule has 1 atom stereocenters. The molecule has 0 heterocycles. The molecular weight excluding hydrogens is 229 g/mol. The normalized spacial score (nSPS) is 18.6. The second-order valence-electron chi connectivity index (χ2n) is 1.37. The fourth-order valence-corrected chi connectivity index (χ4v) is 3.86. The van der Waals surface area contributed by atoms with Crippen LogP contribution in [-0.2, 0) is 11.8 Å². The summed E-state index contributed by atoms with van der Waals surface area (Å²) in [5, 5.41) is 0. The largest absolute Gasteiger partial charge is 0.353 e. The summed E-state index contributed by atoms with van der Waals surface area (Å²) in [6.45, 7) is 1.65. The highest BCUT2D eigenvalue weighted by atomic mass is 79.9. The maximum Gasteiger partial charge on any atom is 0.136 e. The molecule has 50 valence electrons. The first-order valence-electron chi connectivity index (χ1n) is 1.81. The Morgan fingerprint density at radius 1 is 1.88 bits per heavy atom. The Morgan fingerprint density at radius 3 is 2.25 bits per heavy atom. The van der Waals surface area contributed by atoms with Crippen LogP contribution in [-0.4, -0.2) is 22.7 Å². The molecule has 0 aromatic rings. The lowest BCUT2D eigenvalue weighted by molar-refractivity contribution is 0.589. The molecule has 0 aliphatic rings. The van der Waals surface area contributed by atoms with E-state index in [1.807, 2.05) is 0 Å². The molecule has 0 saturated heterocycles. The average Bonchev–Trinajstić information content (AvgIpc) is 1.62. The highest BCUT2D eigenvalue weighted by Crippen LogP contribution is 2.46. The lowest BCUT2D eigenvalue weighted by atomic mass is 11.6. The van der Waals surface area contributed by atoms with E-state index in [1.54, 1.807) is 17.8 Å². The topological polar surface area (TPSA) is 23.5 Å². The first-order valence-corrected chi connectivity index (χ1v) is 7.59. The van der Waals surface area contributed by atoms with Crippen molar-refractivity contribution >= 4 is 43.4 Å². The van der Waals surface area contributed by atoms with E-state index in [9.17, 15) is 0 Å². The first-order chi connectivity index (χ1) is 3.48. The van der Waals surface area contributed by atoms with Gasteiger partial charge in [0.25, 0.3) is 0 Å². The Labute approximate surface area is 66.1 Å². The second-order valence-corrected chi connectivity index (χ2v) is 7.54. The van der Waals surface area contributed by atoms with Crippen molar-refractivity contribution in [2.75, 3.05) is 13.7 Å². The zero-order valence-corrected chi connectivity index (χ0v) is 8.65. The van der Waals surface area contributed by atoms with Gasteiger partial charge in [0.05, 0.1) is 0 Å². The van der Waals surface area contributed by atoms with E-state index in [-0.39, 0.29) is 0 Å². The Morgan fingerprint density at radius 2 is 2.25 bits per heavy atom. The third-order valence-electron chi connectivity index (χ3n) is 0.622. The highest BCUT2D eigenvalue weighted by Gasteiger charge is 2.10. The molecule has 0 fully saturated rings. The molecule has 0 amide bonds. The maximum absolute atomic E-state index is 9.09. The molecule has 0 saturated carbocycles. The second kappa shape index (κ2) is 3.54. The number of hydrogen-bond acceptors (Lipinski definition) is 2. The summed E-state index contributed by atoms with van der Waals surface area (Å²) in [4.78, 5) is 9.09. The Balaban J connectivity index is 3.82. The molecule has 0 aromatic heterocycles. The first kappa shape index (κ1) is 9.40. The van der Waals surface area contributed by atoms with Crippen LogP contribution in [0.3, 0.4) is 0 Å². The molecule has 0 rings (SSSR count). The van der Waals surface area contributed by atoms with Gasteiger partial charge >= 0.3 is 0 Å². The Hall–Kier alpha value is 1.40. The summed E-state index contributed by atoms with van der Waals surface area (Å²) in [5.41, 5.74) is 0. The molecule has 0 radical (unpaired) electrons. The van der Waals surface area contributed by atoms with E-state index >= 15 is 0 Å². The molecule has 8 heavy (non-hydrogen) atoms. The van der Waals surface area contributed by atoms with Crippen molar-refractivity contribution in [2.24, 2.45) is 0 Å². The zero-order valence-electron chi connectivity index (χ0n) is 4.54. The fraction of sp³-hybridized carbons (Fsp3) is 1.00. The van der Waals surface area contributed by atoms with E-state index in [1.165, 1.54) is 10.4 Å². The number of hydrogen-bond donors (Lipinski definition) is 1. The molecule has 1 unspecified atom stereocenters. The van der Waals surface area contributed by atoms with Crippen LogP contribution in [0, 0.1) is 0 Å². The van der Waals surface area contributed by atoms with Gasteiger partial charge in [0, 0.05) is 38.9 Å². The SMILES string of the molecule is CN(SBr)P(C)(O)=S. The van der Waals surface area contributed by atoms with E-state index in [4.69, 9.17) is 16.7 Å². The van der Waals surface area contributed by atoms with Crippen LogP contribution >= 0.6 is 31.6 Å². The molecular formula is C2H7BrNOPS2. The molecule has 0 aliphatic heterocycles. The van der Waals surface area contributed by atoms with E-state index < -0.39 is 6.42 Å². The lowest BCUT2D eigenvalue weighted by Gasteiger charge is -2.17. The van der Waals surface area contributed by atoms with Crippen molar-refractivity contribution in [2.45, 2.75) is 0 Å². The quantitative estimate of drug-likeness (QED) is 0.583. The Kier molecular flexibility index (Phi) is 4.16. The third kappa shape index (κ3) is 3.43. The van der Waals surface area contributed by atoms with Crippen molar-refractivity contribution in [1.29, 1.82) is 0 Å². The molecule has 6 heteroatoms. The minimum absolute atomic E-state index is 1.27. The zero-order chi connectivity index (χ0) is 6.78. The predicted octanol–water partition coefficient (Wildman–Crippen LogP) is 1.81. The van der Waals surface area contributed by atoms with Crippen LogP contribution in [0.4, 0.5) is 0 Å². The molecule has 1 N–H and O–H groups in total. The third-order valence-corrected chi connectivity index (χ3v) is 6.09. The van der Waals surface area contributed by atoms with Crippen molar-refractivity contribution in [3.8, 4) is 0 Å². The Bertz CT molecular complexity index is 115. The van der Waals surface area contributed by atoms with Gasteiger partial charge in [0.1, 0.15) is 6.42 Å². The average molecular weight is 236 g/mol. The van der Waals surface area contributed by atoms with Gasteiger partial charge in [-0.25, -0.2) is 0 Å². The van der Waals surface area contributed by atoms with Crippen LogP contribution in [0.15, 0.2) is 0 Å². The van der Waals surface area contributed by atoms with E-state index in [2.05, 4.69) is 14.8 Å². The van der Waals surface area contributed by atoms with Gasteiger partial charge in [-0.3, -0.25) is 0 Å². The highest BCUT2D eigenvalue weighted by molar-refractivity contribution is 9.50. The summed E-state index contributed by atoms with van der Waals surface area (Å²) in [5.74, 6) is 0. The number of halogens is 1. The van der Waals surface area contributed by atoms with Crippen molar-refractivity contribution in [3.63, 3.8) is 0 Å². The van der Waals surface area contributed by atoms with Gasteiger partial charge in [-0.05, 0) is 11.8 Å². The lowest BCUT2D eigenvalue weighted by Crippen LogP contribution is -2.00. The summed E-state index contributed by atoms with van der Waals surface area (Å²) in [6.07, 6.45) is -2.17. The van der Waals surface area contributed by atoms with Crippen LogP contribution in [0.1, 0.15) is 0 Å². The molecule has 0 bridgehead atoms. The summed E-state index contributed by atoms with van der Waals surface area (Å²) < 4.78 is 1.63. The molecule has 2 nitrogen and oxygen atoms in total. The van der Waals surface area contributed by atoms with Crippen LogP contribution in [0.2, 0.25) is 0 Å². The standard InChI is InChI=1S/C2H7BrNOPS2/c1-4(8-3)6(2,5)7/h1-2H3,(H,5,7). The van der Waals surface area contributed by atoms with Gasteiger partial charge in [0.2, 0.25) is 0 Å². The van der Waals surface area contributed by atoms with E-state index in [0.29, 0.717) is 0 Å². The van der Waals surface area contributed by atoms with Crippen molar-refractivity contribution < 1.29 is 4.89 Å². The maximum atomic E-state index is 9.09. The van der Waals surface area contributed by atoms with Gasteiger partial charge in [-0.15, -0.1) is 0 Å². The van der Waals surface area contributed by atoms with E-state index in [0.717, 1.165) is 0 Å². The minimum Gasteiger partial charge on any atom is -0.353 e. The molecule has 0 spiro atoms. The molecule has 0 aromatic carbocycles. The number of rotatable bonds is 2. The number of nitrogens with zero attached hydrogens (tertiary/aromatic N) is 1. The van der Waals surface area contributed by atoms with Crippen molar-refractivity contribution in [3.05, 3.63) is 0 Å². The smallest absolute Gasteiger partial charge is 0.136 e. The monoisotopic (exact) mass is 235 g/mol. The summed E-state index contributed by atoms with van der Waals surface area (Å²) in [6, 6.07) is 0. The van der Waals surface area contributed by atoms with Crippen molar-refractivity contribution in [1.82, 2.24) is 4.08 Å². The van der Waals surface area contributed by atoms with Crippen LogP contribution < -0.4 is 0 Å². The van der Waals surface area contributed by atoms with Gasteiger partial charge in [0.15, 0.2) is 0 Å². The van der Waals surface area contributed by atoms with Crippen LogP contribution in [0.25, 0.3) is 0 Å². The predicted molar refractivity (Wildman–Crippen MR) is 46.7 cm³/mol. The minimum atomic E-state index is -2.17. The summed E-state index contributed by atoms with van der Waals surface area (Å²) >= 11 is 7.84. The van der Waals surface area contributed by atoms with Gasteiger partial charge in [-0.1, -0.05) is 0 Å². The van der Waals surface area contributed by atoms with Gasteiger partial charge < -0.3 is 4.89 Å². The molecule has 0 aliphatic carbocycles. The van der Waals surface area contributed by atoms with Gasteiger partial charge in [-0.2, -0.15) is 4.08 Å². The fourth-order valence-electron chi connectivity index (χ4n) is 0.0573. The summed E-state index contributed by atoms with van der Waals surface area (Å²) in [7, 11) is 3.02.